The zero-order chi connectivity index (χ0) is 22.9. The van der Waals surface area contributed by atoms with Gasteiger partial charge >= 0.3 is 6.18 Å². The molecule has 4 rings (SSSR count). The number of hydrogen-bond acceptors (Lipinski definition) is 6. The van der Waals surface area contributed by atoms with Crippen molar-refractivity contribution in [2.75, 3.05) is 24.6 Å². The van der Waals surface area contributed by atoms with Crippen molar-refractivity contribution < 1.29 is 26.7 Å². The van der Waals surface area contributed by atoms with Crippen molar-refractivity contribution in [3.05, 3.63) is 36.4 Å². The molecule has 2 atom stereocenters. The van der Waals surface area contributed by atoms with Crippen LogP contribution in [0.2, 0.25) is 0 Å². The van der Waals surface area contributed by atoms with Gasteiger partial charge in [0, 0.05) is 25.2 Å². The molecule has 3 aromatic heterocycles. The van der Waals surface area contributed by atoms with Crippen LogP contribution in [0.15, 0.2) is 30.7 Å². The largest absolute Gasteiger partial charge is 0.491 e. The third kappa shape index (κ3) is 4.89. The number of alkyl halides is 5. The third-order valence-electron chi connectivity index (χ3n) is 5.23. The number of ether oxygens (including phenoxy) is 1. The number of pyridine rings is 1. The van der Waals surface area contributed by atoms with Gasteiger partial charge in [-0.2, -0.15) is 18.3 Å². The molecule has 172 valence electrons. The Morgan fingerprint density at radius 2 is 2.00 bits per heavy atom. The Bertz CT molecular complexity index is 1070. The van der Waals surface area contributed by atoms with Crippen LogP contribution in [-0.4, -0.2) is 50.9 Å². The summed E-state index contributed by atoms with van der Waals surface area (Å²) in [4.78, 5) is 14.1. The number of nitrogens with zero attached hydrogens (tertiary/aromatic N) is 6. The maximum Gasteiger partial charge on any atom is 0.437 e. The minimum absolute atomic E-state index is 0.0662. The van der Waals surface area contributed by atoms with Gasteiger partial charge in [-0.3, -0.25) is 0 Å². The van der Waals surface area contributed by atoms with E-state index in [-0.39, 0.29) is 29.8 Å². The van der Waals surface area contributed by atoms with E-state index in [0.29, 0.717) is 24.4 Å². The summed E-state index contributed by atoms with van der Waals surface area (Å²) in [7, 11) is 0. The van der Waals surface area contributed by atoms with Crippen molar-refractivity contribution >= 4 is 17.0 Å². The van der Waals surface area contributed by atoms with Crippen LogP contribution < -0.4 is 9.64 Å². The predicted octanol–water partition coefficient (Wildman–Crippen LogP) is 4.05. The topological polar surface area (TPSA) is 69.0 Å². The maximum absolute atomic E-state index is 13.2. The summed E-state index contributed by atoms with van der Waals surface area (Å²) < 4.78 is 71.7. The number of aromatic nitrogens is 5. The monoisotopic (exact) mass is 456 g/mol. The number of piperidine rings is 1. The van der Waals surface area contributed by atoms with Crippen molar-refractivity contribution in [3.63, 3.8) is 0 Å². The van der Waals surface area contributed by atoms with Gasteiger partial charge in [-0.15, -0.1) is 0 Å². The number of anilines is 1. The van der Waals surface area contributed by atoms with Crippen molar-refractivity contribution in [2.45, 2.75) is 32.5 Å². The molecule has 0 aliphatic carbocycles. The lowest BCUT2D eigenvalue weighted by atomic mass is 9.91. The summed E-state index contributed by atoms with van der Waals surface area (Å²) in [5, 5.41) is 3.92. The van der Waals surface area contributed by atoms with Crippen LogP contribution >= 0.6 is 0 Å². The molecule has 1 aliphatic rings. The lowest BCUT2D eigenvalue weighted by Gasteiger charge is -2.37. The number of hydrogen-bond donors (Lipinski definition) is 0. The number of fused-ring (bicyclic) bond motifs is 1. The molecule has 1 aliphatic heterocycles. The molecule has 4 heterocycles. The fourth-order valence-corrected chi connectivity index (χ4v) is 3.97. The van der Waals surface area contributed by atoms with Gasteiger partial charge in [-0.05, 0) is 24.5 Å². The first-order valence-corrected chi connectivity index (χ1v) is 10.1. The molecule has 1 fully saturated rings. The molecule has 1 saturated heterocycles. The highest BCUT2D eigenvalue weighted by Crippen LogP contribution is 2.35. The van der Waals surface area contributed by atoms with Crippen LogP contribution in [0.3, 0.4) is 0 Å². The second-order valence-electron chi connectivity index (χ2n) is 7.93. The van der Waals surface area contributed by atoms with E-state index >= 15 is 0 Å². The molecule has 0 radical (unpaired) electrons. The second-order valence-corrected chi connectivity index (χ2v) is 7.93. The average molecular weight is 456 g/mol. The normalized spacial score (nSPS) is 19.7. The first-order chi connectivity index (χ1) is 15.2. The first kappa shape index (κ1) is 22.2. The van der Waals surface area contributed by atoms with Crippen LogP contribution in [0.5, 0.6) is 5.75 Å². The van der Waals surface area contributed by atoms with Gasteiger partial charge in [0.25, 0.3) is 6.43 Å². The van der Waals surface area contributed by atoms with E-state index in [1.807, 2.05) is 11.8 Å². The first-order valence-electron chi connectivity index (χ1n) is 10.1. The van der Waals surface area contributed by atoms with Gasteiger partial charge in [-0.25, -0.2) is 28.4 Å². The Labute approximate surface area is 180 Å². The average Bonchev–Trinajstić information content (AvgIpc) is 3.13. The van der Waals surface area contributed by atoms with E-state index in [1.165, 1.54) is 18.3 Å². The molecule has 0 amide bonds. The molecule has 3 aromatic rings. The minimum Gasteiger partial charge on any atom is -0.491 e. The van der Waals surface area contributed by atoms with Gasteiger partial charge in [0.15, 0.2) is 11.3 Å². The van der Waals surface area contributed by atoms with Crippen LogP contribution in [0.25, 0.3) is 11.2 Å². The molecule has 0 N–H and O–H groups in total. The highest BCUT2D eigenvalue weighted by Gasteiger charge is 2.36. The summed E-state index contributed by atoms with van der Waals surface area (Å²) in [5.41, 5.74) is -0.376. The number of halogens is 5. The highest BCUT2D eigenvalue weighted by molar-refractivity contribution is 5.71. The zero-order valence-corrected chi connectivity index (χ0v) is 17.1. The van der Waals surface area contributed by atoms with Gasteiger partial charge in [-0.1, -0.05) is 6.92 Å². The lowest BCUT2D eigenvalue weighted by molar-refractivity contribution is -0.142. The van der Waals surface area contributed by atoms with Gasteiger partial charge < -0.3 is 9.64 Å². The minimum atomic E-state index is -4.60. The van der Waals surface area contributed by atoms with Crippen LogP contribution in [0, 0.1) is 11.8 Å². The fourth-order valence-electron chi connectivity index (χ4n) is 3.97. The standard InChI is InChI=1S/C20H21F5N6O/c1-12-5-13(11-32-15-3-2-4-26-18(15)20(23,24)25)9-30(8-12)17-7-27-14-6-28-31(10-16(21)22)19(14)29-17/h2-4,6-7,12-13,16H,5,8-11H2,1H3. The smallest absolute Gasteiger partial charge is 0.437 e. The van der Waals surface area contributed by atoms with Gasteiger partial charge in [0.2, 0.25) is 0 Å². The van der Waals surface area contributed by atoms with Crippen LogP contribution in [0.4, 0.5) is 27.8 Å². The van der Waals surface area contributed by atoms with Crippen LogP contribution in [0.1, 0.15) is 19.0 Å². The SMILES string of the molecule is CC1CC(COc2cccnc2C(F)(F)F)CN(c2cnc3cnn(CC(F)F)c3n2)C1. The Morgan fingerprint density at radius 3 is 2.75 bits per heavy atom. The van der Waals surface area contributed by atoms with Crippen molar-refractivity contribution in [3.8, 4) is 5.75 Å². The lowest BCUT2D eigenvalue weighted by Crippen LogP contribution is -2.42. The van der Waals surface area contributed by atoms with E-state index < -0.39 is 24.8 Å². The second kappa shape index (κ2) is 8.83. The third-order valence-corrected chi connectivity index (χ3v) is 5.23. The van der Waals surface area contributed by atoms with E-state index in [0.717, 1.165) is 17.3 Å². The summed E-state index contributed by atoms with van der Waals surface area (Å²) in [6, 6.07) is 2.65. The van der Waals surface area contributed by atoms with E-state index in [2.05, 4.69) is 20.1 Å². The van der Waals surface area contributed by atoms with E-state index in [1.54, 1.807) is 6.20 Å². The van der Waals surface area contributed by atoms with E-state index in [9.17, 15) is 22.0 Å². The molecular formula is C20H21F5N6O. The molecule has 7 nitrogen and oxygen atoms in total. The summed E-state index contributed by atoms with van der Waals surface area (Å²) >= 11 is 0. The van der Waals surface area contributed by atoms with Gasteiger partial charge in [0.1, 0.15) is 23.6 Å². The molecule has 32 heavy (non-hydrogen) atoms. The Balaban J connectivity index is 1.49. The van der Waals surface area contributed by atoms with Crippen molar-refractivity contribution in [2.24, 2.45) is 11.8 Å². The quantitative estimate of drug-likeness (QED) is 0.522. The molecular weight excluding hydrogens is 435 g/mol. The van der Waals surface area contributed by atoms with Crippen molar-refractivity contribution in [1.29, 1.82) is 0 Å². The summed E-state index contributed by atoms with van der Waals surface area (Å²) in [5.74, 6) is 0.352. The Hall–Kier alpha value is -3.05. The molecule has 2 unspecified atom stereocenters. The predicted molar refractivity (Wildman–Crippen MR) is 106 cm³/mol. The highest BCUT2D eigenvalue weighted by atomic mass is 19.4. The fraction of sp³-hybridized carbons (Fsp3) is 0.500. The molecule has 12 heteroatoms. The maximum atomic E-state index is 13.2. The summed E-state index contributed by atoms with van der Waals surface area (Å²) in [6.45, 7) is 2.66. The molecule has 0 bridgehead atoms. The van der Waals surface area contributed by atoms with E-state index in [4.69, 9.17) is 4.74 Å². The Kier molecular flexibility index (Phi) is 6.11. The summed E-state index contributed by atoms with van der Waals surface area (Å²) in [6.07, 6.45) is -2.40. The van der Waals surface area contributed by atoms with Gasteiger partial charge in [0.05, 0.1) is 19.0 Å². The molecule has 0 aromatic carbocycles. The Morgan fingerprint density at radius 1 is 1.19 bits per heavy atom. The van der Waals surface area contributed by atoms with Crippen LogP contribution in [-0.2, 0) is 12.7 Å². The van der Waals surface area contributed by atoms with Crippen molar-refractivity contribution in [1.82, 2.24) is 24.7 Å². The number of rotatable bonds is 6. The zero-order valence-electron chi connectivity index (χ0n) is 17.1. The molecule has 0 saturated carbocycles. The molecule has 0 spiro atoms.